The van der Waals surface area contributed by atoms with Crippen LogP contribution in [0.25, 0.3) is 0 Å². The Labute approximate surface area is 132 Å². The second kappa shape index (κ2) is 6.80. The van der Waals surface area contributed by atoms with Gasteiger partial charge < -0.3 is 15.6 Å². The first-order valence-corrected chi connectivity index (χ1v) is 7.96. The van der Waals surface area contributed by atoms with Gasteiger partial charge in [-0.1, -0.05) is 30.3 Å². The zero-order valence-electron chi connectivity index (χ0n) is 13.7. The Hall–Kier alpha value is -1.39. The van der Waals surface area contributed by atoms with E-state index in [9.17, 15) is 9.90 Å². The molecule has 0 radical (unpaired) electrons. The third-order valence-corrected chi connectivity index (χ3v) is 4.15. The van der Waals surface area contributed by atoms with Gasteiger partial charge in [0.2, 0.25) is 0 Å². The van der Waals surface area contributed by atoms with Crippen LogP contribution in [0.4, 0.5) is 0 Å². The molecule has 2 unspecified atom stereocenters. The number of ether oxygens (including phenoxy) is 1. The molecule has 0 saturated heterocycles. The van der Waals surface area contributed by atoms with Crippen molar-refractivity contribution >= 4 is 5.97 Å². The SMILES string of the molecule is CC(C)(C)OC(=O)C1CC1[C@@H](Cc1ccccc1)[C@H](O)CN. The quantitative estimate of drug-likeness (QED) is 0.790. The topological polar surface area (TPSA) is 72.5 Å². The van der Waals surface area contributed by atoms with Crippen molar-refractivity contribution in [2.75, 3.05) is 6.54 Å². The summed E-state index contributed by atoms with van der Waals surface area (Å²) in [5.74, 6) is -0.0903. The number of benzene rings is 1. The molecule has 1 saturated carbocycles. The summed E-state index contributed by atoms with van der Waals surface area (Å²) in [5, 5.41) is 10.2. The summed E-state index contributed by atoms with van der Waals surface area (Å²) in [6, 6.07) is 10.0. The summed E-state index contributed by atoms with van der Waals surface area (Å²) in [6.07, 6.45) is 0.935. The van der Waals surface area contributed by atoms with E-state index in [-0.39, 0.29) is 30.3 Å². The molecule has 1 aromatic rings. The van der Waals surface area contributed by atoms with Gasteiger partial charge in [0.05, 0.1) is 12.0 Å². The molecule has 0 aromatic heterocycles. The molecule has 2 rings (SSSR count). The maximum Gasteiger partial charge on any atom is 0.309 e. The second-order valence-corrected chi connectivity index (χ2v) is 7.20. The van der Waals surface area contributed by atoms with Crippen molar-refractivity contribution in [1.82, 2.24) is 0 Å². The van der Waals surface area contributed by atoms with Gasteiger partial charge in [-0.25, -0.2) is 0 Å². The molecule has 0 bridgehead atoms. The number of aliphatic hydroxyl groups excluding tert-OH is 1. The third-order valence-electron chi connectivity index (χ3n) is 4.15. The number of aliphatic hydroxyl groups is 1. The van der Waals surface area contributed by atoms with Crippen LogP contribution in [0.3, 0.4) is 0 Å². The van der Waals surface area contributed by atoms with Gasteiger partial charge in [-0.3, -0.25) is 4.79 Å². The molecule has 0 aliphatic heterocycles. The van der Waals surface area contributed by atoms with Crippen LogP contribution >= 0.6 is 0 Å². The monoisotopic (exact) mass is 305 g/mol. The Morgan fingerprint density at radius 2 is 2.00 bits per heavy atom. The van der Waals surface area contributed by atoms with E-state index >= 15 is 0 Å². The minimum atomic E-state index is -0.586. The lowest BCUT2D eigenvalue weighted by atomic mass is 9.88. The standard InChI is InChI=1S/C18H27NO3/c1-18(2,3)22-17(21)15-10-13(15)14(16(20)11-19)9-12-7-5-4-6-8-12/h4-8,13-16,20H,9-11,19H2,1-3H3/t13?,14-,15?,16-/m1/s1. The van der Waals surface area contributed by atoms with Crippen molar-refractivity contribution in [3.8, 4) is 0 Å². The Morgan fingerprint density at radius 3 is 2.55 bits per heavy atom. The zero-order valence-corrected chi connectivity index (χ0v) is 13.7. The van der Waals surface area contributed by atoms with Crippen LogP contribution in [-0.2, 0) is 16.0 Å². The van der Waals surface area contributed by atoms with E-state index in [4.69, 9.17) is 10.5 Å². The van der Waals surface area contributed by atoms with E-state index in [2.05, 4.69) is 0 Å². The Balaban J connectivity index is 2.01. The smallest absolute Gasteiger partial charge is 0.309 e. The summed E-state index contributed by atoms with van der Waals surface area (Å²) in [7, 11) is 0. The van der Waals surface area contributed by atoms with Crippen LogP contribution < -0.4 is 5.73 Å². The molecule has 122 valence electrons. The predicted octanol–water partition coefficient (Wildman–Crippen LogP) is 2.14. The van der Waals surface area contributed by atoms with Crippen molar-refractivity contribution < 1.29 is 14.6 Å². The summed E-state index contributed by atoms with van der Waals surface area (Å²) in [4.78, 5) is 12.2. The fourth-order valence-electron chi connectivity index (χ4n) is 2.97. The van der Waals surface area contributed by atoms with Gasteiger partial charge in [-0.15, -0.1) is 0 Å². The molecule has 0 heterocycles. The molecule has 3 N–H and O–H groups in total. The molecular weight excluding hydrogens is 278 g/mol. The third kappa shape index (κ3) is 4.55. The van der Waals surface area contributed by atoms with Crippen LogP contribution in [0, 0.1) is 17.8 Å². The highest BCUT2D eigenvalue weighted by molar-refractivity contribution is 5.76. The summed E-state index contributed by atoms with van der Waals surface area (Å²) in [5.41, 5.74) is 6.34. The van der Waals surface area contributed by atoms with Crippen molar-refractivity contribution in [3.05, 3.63) is 35.9 Å². The zero-order chi connectivity index (χ0) is 16.3. The van der Waals surface area contributed by atoms with Gasteiger partial charge in [-0.05, 0) is 51.0 Å². The number of esters is 1. The number of nitrogens with two attached hydrogens (primary N) is 1. The van der Waals surface area contributed by atoms with Crippen molar-refractivity contribution in [2.45, 2.75) is 45.3 Å². The second-order valence-electron chi connectivity index (χ2n) is 7.20. The van der Waals surface area contributed by atoms with Crippen LogP contribution in [0.2, 0.25) is 0 Å². The van der Waals surface area contributed by atoms with Crippen LogP contribution in [0.5, 0.6) is 0 Å². The fraction of sp³-hybridized carbons (Fsp3) is 0.611. The first kappa shape index (κ1) is 17.0. The number of hydrogen-bond donors (Lipinski definition) is 2. The summed E-state index contributed by atoms with van der Waals surface area (Å²) in [6.45, 7) is 5.84. The minimum absolute atomic E-state index is 0.00455. The van der Waals surface area contributed by atoms with Crippen molar-refractivity contribution in [2.24, 2.45) is 23.5 Å². The highest BCUT2D eigenvalue weighted by Gasteiger charge is 2.50. The minimum Gasteiger partial charge on any atom is -0.460 e. The highest BCUT2D eigenvalue weighted by Crippen LogP contribution is 2.47. The lowest BCUT2D eigenvalue weighted by molar-refractivity contribution is -0.157. The average molecular weight is 305 g/mol. The van der Waals surface area contributed by atoms with Gasteiger partial charge in [0.15, 0.2) is 0 Å². The van der Waals surface area contributed by atoms with Crippen molar-refractivity contribution in [3.63, 3.8) is 0 Å². The fourth-order valence-corrected chi connectivity index (χ4v) is 2.97. The van der Waals surface area contributed by atoms with Crippen LogP contribution in [0.1, 0.15) is 32.8 Å². The molecule has 1 aromatic carbocycles. The van der Waals surface area contributed by atoms with E-state index in [1.165, 1.54) is 0 Å². The van der Waals surface area contributed by atoms with E-state index in [0.717, 1.165) is 18.4 Å². The molecule has 4 nitrogen and oxygen atoms in total. The van der Waals surface area contributed by atoms with Crippen LogP contribution in [0.15, 0.2) is 30.3 Å². The van der Waals surface area contributed by atoms with E-state index in [1.807, 2.05) is 51.1 Å². The van der Waals surface area contributed by atoms with E-state index < -0.39 is 11.7 Å². The predicted molar refractivity (Wildman–Crippen MR) is 86.1 cm³/mol. The summed E-state index contributed by atoms with van der Waals surface area (Å²) < 4.78 is 5.45. The van der Waals surface area contributed by atoms with Gasteiger partial charge >= 0.3 is 5.97 Å². The van der Waals surface area contributed by atoms with E-state index in [0.29, 0.717) is 0 Å². The molecule has 4 heteroatoms. The first-order chi connectivity index (χ1) is 10.3. The molecular formula is C18H27NO3. The molecule has 22 heavy (non-hydrogen) atoms. The number of rotatable bonds is 6. The number of hydrogen-bond acceptors (Lipinski definition) is 4. The van der Waals surface area contributed by atoms with Gasteiger partial charge in [0.25, 0.3) is 0 Å². The molecule has 0 spiro atoms. The molecule has 1 fully saturated rings. The largest absolute Gasteiger partial charge is 0.460 e. The Morgan fingerprint density at radius 1 is 1.36 bits per heavy atom. The van der Waals surface area contributed by atoms with Gasteiger partial charge in [-0.2, -0.15) is 0 Å². The lowest BCUT2D eigenvalue weighted by Crippen LogP contribution is -2.33. The molecule has 1 aliphatic carbocycles. The lowest BCUT2D eigenvalue weighted by Gasteiger charge is -2.23. The maximum atomic E-state index is 12.2. The summed E-state index contributed by atoms with van der Waals surface area (Å²) >= 11 is 0. The van der Waals surface area contributed by atoms with Crippen molar-refractivity contribution in [1.29, 1.82) is 0 Å². The number of carbonyl (C=O) groups is 1. The number of carbonyl (C=O) groups excluding carboxylic acids is 1. The van der Waals surface area contributed by atoms with Gasteiger partial charge in [0, 0.05) is 6.54 Å². The molecule has 1 aliphatic rings. The van der Waals surface area contributed by atoms with Gasteiger partial charge in [0.1, 0.15) is 5.60 Å². The van der Waals surface area contributed by atoms with E-state index in [1.54, 1.807) is 0 Å². The normalized spacial score (nSPS) is 23.7. The maximum absolute atomic E-state index is 12.2. The first-order valence-electron chi connectivity index (χ1n) is 7.96. The average Bonchev–Trinajstić information content (AvgIpc) is 3.23. The Bertz CT molecular complexity index is 495. The molecule has 0 amide bonds. The highest BCUT2D eigenvalue weighted by atomic mass is 16.6. The Kier molecular flexibility index (Phi) is 5.24. The van der Waals surface area contributed by atoms with Crippen LogP contribution in [-0.4, -0.2) is 29.3 Å². The molecule has 4 atom stereocenters.